The predicted octanol–water partition coefficient (Wildman–Crippen LogP) is 1.41. The second-order valence-electron chi connectivity index (χ2n) is 9.66. The minimum atomic E-state index is -1.37. The zero-order valence-electron chi connectivity index (χ0n) is 22.5. The van der Waals surface area contributed by atoms with Gasteiger partial charge in [0.05, 0.1) is 18.2 Å². The average molecular weight is 531 g/mol. The van der Waals surface area contributed by atoms with Crippen molar-refractivity contribution in [1.29, 1.82) is 0 Å². The Hall–Kier alpha value is -3.47. The van der Waals surface area contributed by atoms with Crippen molar-refractivity contribution in [3.8, 4) is 0 Å². The van der Waals surface area contributed by atoms with Crippen LogP contribution in [0.4, 0.5) is 4.79 Å². The van der Waals surface area contributed by atoms with E-state index in [2.05, 4.69) is 10.3 Å². The number of unbranched alkanes of at least 4 members (excludes halogenated alkanes) is 1. The van der Waals surface area contributed by atoms with Crippen LogP contribution >= 0.6 is 0 Å². The number of Topliss-reactive ketones (excluding diaryl/α,β-unsaturated/α-hetero) is 2. The quantitative estimate of drug-likeness (QED) is 0.113. The van der Waals surface area contributed by atoms with Crippen LogP contribution in [0.25, 0.3) is 0 Å². The van der Waals surface area contributed by atoms with Crippen molar-refractivity contribution >= 4 is 29.5 Å². The SMILES string of the molecule is CCCC[C@](N)(CCCN=C(N)N)C(=O)C(=O)[C@@H]1CCCN1C(=O)[C@H](Cc1ccccc1)NC(=O)OCC. The number of ether oxygens (including phenoxy) is 1. The van der Waals surface area contributed by atoms with Gasteiger partial charge in [0.1, 0.15) is 6.04 Å². The molecule has 1 aliphatic heterocycles. The molecule has 210 valence electrons. The van der Waals surface area contributed by atoms with Crippen LogP contribution in [0, 0.1) is 0 Å². The number of hydrogen-bond donors (Lipinski definition) is 4. The van der Waals surface area contributed by atoms with Crippen LogP contribution < -0.4 is 22.5 Å². The Bertz CT molecular complexity index is 981. The number of aliphatic imine (C=N–C) groups is 1. The molecule has 1 saturated heterocycles. The van der Waals surface area contributed by atoms with E-state index >= 15 is 0 Å². The fraction of sp³-hybridized carbons (Fsp3) is 0.593. The number of rotatable bonds is 15. The molecule has 1 aromatic rings. The number of nitrogens with zero attached hydrogens (tertiary/aromatic N) is 2. The van der Waals surface area contributed by atoms with Gasteiger partial charge in [0.25, 0.3) is 0 Å². The Morgan fingerprint density at radius 3 is 2.45 bits per heavy atom. The van der Waals surface area contributed by atoms with Crippen LogP contribution in [0.2, 0.25) is 0 Å². The summed E-state index contributed by atoms with van der Waals surface area (Å²) in [6.07, 6.45) is 2.92. The van der Waals surface area contributed by atoms with Gasteiger partial charge < -0.3 is 32.2 Å². The summed E-state index contributed by atoms with van der Waals surface area (Å²) < 4.78 is 5.00. The van der Waals surface area contributed by atoms with Gasteiger partial charge in [-0.2, -0.15) is 0 Å². The maximum absolute atomic E-state index is 13.6. The second-order valence-corrected chi connectivity index (χ2v) is 9.66. The van der Waals surface area contributed by atoms with Gasteiger partial charge in [0.15, 0.2) is 5.96 Å². The van der Waals surface area contributed by atoms with Gasteiger partial charge in [-0.15, -0.1) is 0 Å². The van der Waals surface area contributed by atoms with Gasteiger partial charge in [-0.05, 0) is 44.6 Å². The Morgan fingerprint density at radius 2 is 1.82 bits per heavy atom. The highest BCUT2D eigenvalue weighted by molar-refractivity contribution is 6.42. The Morgan fingerprint density at radius 1 is 1.13 bits per heavy atom. The maximum atomic E-state index is 13.6. The Labute approximate surface area is 224 Å². The molecule has 2 rings (SSSR count). The van der Waals surface area contributed by atoms with Crippen LogP contribution in [-0.4, -0.2) is 71.7 Å². The summed E-state index contributed by atoms with van der Waals surface area (Å²) >= 11 is 0. The number of likely N-dealkylation sites (tertiary alicyclic amines) is 1. The van der Waals surface area contributed by atoms with E-state index in [1.54, 1.807) is 6.92 Å². The van der Waals surface area contributed by atoms with Gasteiger partial charge in [-0.25, -0.2) is 4.79 Å². The van der Waals surface area contributed by atoms with Crippen molar-refractivity contribution in [2.24, 2.45) is 22.2 Å². The highest BCUT2D eigenvalue weighted by Gasteiger charge is 2.45. The van der Waals surface area contributed by atoms with Crippen LogP contribution in [-0.2, 0) is 25.5 Å². The van der Waals surface area contributed by atoms with Gasteiger partial charge >= 0.3 is 6.09 Å². The summed E-state index contributed by atoms with van der Waals surface area (Å²) in [4.78, 5) is 58.2. The fourth-order valence-electron chi connectivity index (χ4n) is 4.71. The summed E-state index contributed by atoms with van der Waals surface area (Å²) in [5.74, 6) is -1.84. The second kappa shape index (κ2) is 15.1. The molecule has 0 aliphatic carbocycles. The lowest BCUT2D eigenvalue weighted by atomic mass is 9.81. The van der Waals surface area contributed by atoms with Gasteiger partial charge in [0.2, 0.25) is 17.5 Å². The first-order chi connectivity index (χ1) is 18.1. The first-order valence-corrected chi connectivity index (χ1v) is 13.3. The van der Waals surface area contributed by atoms with E-state index in [1.165, 1.54) is 4.90 Å². The molecular formula is C27H42N6O5. The lowest BCUT2D eigenvalue weighted by Crippen LogP contribution is -2.58. The third-order valence-corrected chi connectivity index (χ3v) is 6.71. The molecule has 11 nitrogen and oxygen atoms in total. The molecule has 1 heterocycles. The normalized spacial score (nSPS) is 17.2. The first kappa shape index (κ1) is 30.8. The number of amides is 2. The van der Waals surface area contributed by atoms with E-state index in [0.717, 1.165) is 12.0 Å². The highest BCUT2D eigenvalue weighted by atomic mass is 16.5. The number of nitrogens with two attached hydrogens (primary N) is 3. The summed E-state index contributed by atoms with van der Waals surface area (Å²) in [5.41, 5.74) is 16.8. The van der Waals surface area contributed by atoms with E-state index in [0.29, 0.717) is 45.2 Å². The minimum absolute atomic E-state index is 0.0508. The summed E-state index contributed by atoms with van der Waals surface area (Å²) in [7, 11) is 0. The number of hydrogen-bond acceptors (Lipinski definition) is 7. The monoisotopic (exact) mass is 530 g/mol. The van der Waals surface area contributed by atoms with E-state index in [4.69, 9.17) is 21.9 Å². The largest absolute Gasteiger partial charge is 0.450 e. The van der Waals surface area contributed by atoms with Crippen LogP contribution in [0.1, 0.15) is 64.4 Å². The van der Waals surface area contributed by atoms with Crippen LogP contribution in [0.3, 0.4) is 0 Å². The molecule has 7 N–H and O–H groups in total. The van der Waals surface area contributed by atoms with Gasteiger partial charge in [0, 0.05) is 19.5 Å². The molecule has 0 aromatic heterocycles. The Balaban J connectivity index is 2.22. The van der Waals surface area contributed by atoms with E-state index in [1.807, 2.05) is 37.3 Å². The minimum Gasteiger partial charge on any atom is -0.450 e. The smallest absolute Gasteiger partial charge is 0.407 e. The molecular weight excluding hydrogens is 488 g/mol. The summed E-state index contributed by atoms with van der Waals surface area (Å²) in [5, 5.41) is 2.63. The summed E-state index contributed by atoms with van der Waals surface area (Å²) in [6, 6.07) is 7.35. The van der Waals surface area contributed by atoms with Crippen molar-refractivity contribution in [3.05, 3.63) is 35.9 Å². The molecule has 0 saturated carbocycles. The predicted molar refractivity (Wildman–Crippen MR) is 145 cm³/mol. The van der Waals surface area contributed by atoms with E-state index in [9.17, 15) is 19.2 Å². The molecule has 38 heavy (non-hydrogen) atoms. The lowest BCUT2D eigenvalue weighted by Gasteiger charge is -2.32. The third-order valence-electron chi connectivity index (χ3n) is 6.71. The lowest BCUT2D eigenvalue weighted by molar-refractivity contribution is -0.146. The van der Waals surface area contributed by atoms with Crippen LogP contribution in [0.15, 0.2) is 35.3 Å². The number of alkyl carbamates (subject to hydrolysis) is 1. The van der Waals surface area contributed by atoms with Crippen molar-refractivity contribution in [3.63, 3.8) is 0 Å². The number of carbonyl (C=O) groups is 4. The zero-order chi connectivity index (χ0) is 28.1. The molecule has 0 spiro atoms. The molecule has 11 heteroatoms. The zero-order valence-corrected chi connectivity index (χ0v) is 22.5. The highest BCUT2D eigenvalue weighted by Crippen LogP contribution is 2.26. The molecule has 0 unspecified atom stereocenters. The van der Waals surface area contributed by atoms with E-state index < -0.39 is 41.2 Å². The maximum Gasteiger partial charge on any atom is 0.407 e. The summed E-state index contributed by atoms with van der Waals surface area (Å²) in [6.45, 7) is 4.39. The molecule has 1 aromatic carbocycles. The molecule has 0 radical (unpaired) electrons. The number of ketones is 2. The molecule has 1 aliphatic rings. The van der Waals surface area contributed by atoms with Crippen molar-refractivity contribution in [1.82, 2.24) is 10.2 Å². The number of guanidine groups is 1. The first-order valence-electron chi connectivity index (χ1n) is 13.3. The van der Waals surface area contributed by atoms with Crippen molar-refractivity contribution in [2.75, 3.05) is 19.7 Å². The number of benzene rings is 1. The van der Waals surface area contributed by atoms with Crippen LogP contribution in [0.5, 0.6) is 0 Å². The van der Waals surface area contributed by atoms with Crippen molar-refractivity contribution in [2.45, 2.75) is 82.8 Å². The molecule has 0 bridgehead atoms. The molecule has 2 amide bonds. The van der Waals surface area contributed by atoms with Gasteiger partial charge in [-0.1, -0.05) is 50.1 Å². The third kappa shape index (κ3) is 8.83. The number of nitrogens with one attached hydrogen (secondary N) is 1. The van der Waals surface area contributed by atoms with Crippen molar-refractivity contribution < 1.29 is 23.9 Å². The standard InChI is InChI=1S/C27H42N6O5/c1-3-5-14-27(30,15-10-16-31-25(28)29)23(35)22(34)21-13-9-17-33(21)24(36)20(32-26(37)38-4-2)18-19-11-7-6-8-12-19/h6-8,11-12,20-21H,3-5,9-10,13-18,30H2,1-2H3,(H,32,37)(H4,28,29,31)/t20-,21-,27-/m0/s1. The fourth-order valence-corrected chi connectivity index (χ4v) is 4.71. The molecule has 1 fully saturated rings. The molecule has 3 atom stereocenters. The topological polar surface area (TPSA) is 183 Å². The Kier molecular flexibility index (Phi) is 12.2. The average Bonchev–Trinajstić information content (AvgIpc) is 3.39. The van der Waals surface area contributed by atoms with Gasteiger partial charge in [-0.3, -0.25) is 19.4 Å². The van der Waals surface area contributed by atoms with E-state index in [-0.39, 0.29) is 25.4 Å². The number of carbonyl (C=O) groups excluding carboxylic acids is 4.